The maximum Gasteiger partial charge on any atom is 0.136 e. The second kappa shape index (κ2) is 18.0. The number of unbranched alkanes of at least 4 members (excludes halogenated alkanes) is 7. The summed E-state index contributed by atoms with van der Waals surface area (Å²) in [6, 6.07) is 0. The summed E-state index contributed by atoms with van der Waals surface area (Å²) in [6.45, 7) is 15.6. The van der Waals surface area contributed by atoms with Gasteiger partial charge >= 0.3 is 0 Å². The highest BCUT2D eigenvalue weighted by Crippen LogP contribution is 2.60. The van der Waals surface area contributed by atoms with E-state index in [1.165, 1.54) is 114 Å². The van der Waals surface area contributed by atoms with Gasteiger partial charge in [-0.1, -0.05) is 115 Å². The fraction of sp³-hybridized carbons (Fsp3) is 0.825. The second-order valence-electron chi connectivity index (χ2n) is 15.7. The Bertz CT molecular complexity index is 893. The monoisotopic (exact) mass is 580 g/mol. The molecule has 0 heterocycles. The van der Waals surface area contributed by atoms with E-state index < -0.39 is 0 Å². The van der Waals surface area contributed by atoms with Crippen molar-refractivity contribution in [2.45, 2.75) is 156 Å². The maximum absolute atomic E-state index is 13.1. The van der Waals surface area contributed by atoms with Crippen molar-refractivity contribution in [3.8, 4) is 0 Å². The van der Waals surface area contributed by atoms with Crippen molar-refractivity contribution in [2.75, 3.05) is 20.6 Å². The zero-order chi connectivity index (χ0) is 30.5. The van der Waals surface area contributed by atoms with Gasteiger partial charge < -0.3 is 4.90 Å². The maximum atomic E-state index is 13.1. The fourth-order valence-electron chi connectivity index (χ4n) is 8.94. The molecule has 2 nitrogen and oxygen atoms in total. The molecule has 240 valence electrons. The van der Waals surface area contributed by atoms with Gasteiger partial charge in [0.1, 0.15) is 5.78 Å². The van der Waals surface area contributed by atoms with Crippen molar-refractivity contribution in [3.63, 3.8) is 0 Å². The van der Waals surface area contributed by atoms with Crippen LogP contribution in [0.5, 0.6) is 0 Å². The highest BCUT2D eigenvalue weighted by atomic mass is 16.1. The Labute approximate surface area is 262 Å². The molecule has 42 heavy (non-hydrogen) atoms. The number of hydrogen-bond donors (Lipinski definition) is 0. The number of hydrogen-bond acceptors (Lipinski definition) is 2. The molecular formula is C40H69NO. The van der Waals surface area contributed by atoms with E-state index in [1.807, 2.05) is 0 Å². The third kappa shape index (κ3) is 10.8. The Hall–Kier alpha value is -1.15. The SMILES string of the molecule is C=C1CC[C@H](C(=O)CCCCCCCCCCN(C)C)C/C1=C\C=C1/CCC[C@@]2(C)C1CC[C@@H]2[C@H](C)CCCC(C)C. The van der Waals surface area contributed by atoms with Crippen molar-refractivity contribution in [1.82, 2.24) is 4.90 Å². The van der Waals surface area contributed by atoms with Crippen LogP contribution < -0.4 is 0 Å². The molecule has 2 heteroatoms. The van der Waals surface area contributed by atoms with Crippen LogP contribution in [-0.4, -0.2) is 31.3 Å². The average Bonchev–Trinajstić information content (AvgIpc) is 3.30. The number of nitrogens with zero attached hydrogens (tertiary/aromatic N) is 1. The third-order valence-corrected chi connectivity index (χ3v) is 11.6. The van der Waals surface area contributed by atoms with Crippen LogP contribution in [0.25, 0.3) is 0 Å². The Morgan fingerprint density at radius 2 is 1.60 bits per heavy atom. The van der Waals surface area contributed by atoms with Gasteiger partial charge in [0.25, 0.3) is 0 Å². The van der Waals surface area contributed by atoms with E-state index in [0.717, 1.165) is 55.8 Å². The van der Waals surface area contributed by atoms with E-state index in [0.29, 0.717) is 11.2 Å². The van der Waals surface area contributed by atoms with Crippen molar-refractivity contribution in [3.05, 3.63) is 35.5 Å². The summed E-state index contributed by atoms with van der Waals surface area (Å²) in [6.07, 6.45) is 29.9. The predicted molar refractivity (Wildman–Crippen MR) is 184 cm³/mol. The van der Waals surface area contributed by atoms with E-state index in [1.54, 1.807) is 5.57 Å². The van der Waals surface area contributed by atoms with Gasteiger partial charge in [0.05, 0.1) is 0 Å². The summed E-state index contributed by atoms with van der Waals surface area (Å²) < 4.78 is 0. The number of rotatable bonds is 18. The zero-order valence-corrected chi connectivity index (χ0v) is 29.0. The highest BCUT2D eigenvalue weighted by Gasteiger charge is 2.50. The molecule has 5 atom stereocenters. The largest absolute Gasteiger partial charge is 0.309 e. The van der Waals surface area contributed by atoms with Gasteiger partial charge in [0.15, 0.2) is 0 Å². The first-order valence-corrected chi connectivity index (χ1v) is 18.4. The molecule has 0 aromatic carbocycles. The van der Waals surface area contributed by atoms with Crippen molar-refractivity contribution >= 4 is 5.78 Å². The molecule has 3 fully saturated rings. The molecular weight excluding hydrogens is 510 g/mol. The minimum atomic E-state index is 0.219. The summed E-state index contributed by atoms with van der Waals surface area (Å²) in [5.74, 6) is 4.04. The van der Waals surface area contributed by atoms with Gasteiger partial charge in [-0.3, -0.25) is 4.79 Å². The van der Waals surface area contributed by atoms with Crippen LogP contribution >= 0.6 is 0 Å². The van der Waals surface area contributed by atoms with Gasteiger partial charge in [0, 0.05) is 12.3 Å². The van der Waals surface area contributed by atoms with E-state index in [4.69, 9.17) is 0 Å². The third-order valence-electron chi connectivity index (χ3n) is 11.6. The molecule has 0 aromatic heterocycles. The quantitative estimate of drug-likeness (QED) is 0.151. The Balaban J connectivity index is 1.45. The van der Waals surface area contributed by atoms with Gasteiger partial charge in [-0.25, -0.2) is 0 Å². The predicted octanol–water partition coefficient (Wildman–Crippen LogP) is 11.5. The van der Waals surface area contributed by atoms with Gasteiger partial charge in [-0.2, -0.15) is 0 Å². The molecule has 0 aliphatic heterocycles. The van der Waals surface area contributed by atoms with Gasteiger partial charge in [0.2, 0.25) is 0 Å². The van der Waals surface area contributed by atoms with Crippen LogP contribution in [0.4, 0.5) is 0 Å². The topological polar surface area (TPSA) is 20.3 Å². The van der Waals surface area contributed by atoms with E-state index in [2.05, 4.69) is 65.4 Å². The average molecular weight is 580 g/mol. The molecule has 0 amide bonds. The molecule has 3 aliphatic carbocycles. The van der Waals surface area contributed by atoms with E-state index >= 15 is 0 Å². The van der Waals surface area contributed by atoms with Gasteiger partial charge in [-0.05, 0) is 120 Å². The lowest BCUT2D eigenvalue weighted by Crippen LogP contribution is -2.36. The molecule has 0 radical (unpaired) electrons. The van der Waals surface area contributed by atoms with Crippen LogP contribution in [0.1, 0.15) is 156 Å². The van der Waals surface area contributed by atoms with Crippen LogP contribution in [-0.2, 0) is 4.79 Å². The lowest BCUT2D eigenvalue weighted by atomic mass is 9.60. The Morgan fingerprint density at radius 1 is 0.905 bits per heavy atom. The van der Waals surface area contributed by atoms with Crippen LogP contribution in [0, 0.1) is 35.0 Å². The first kappa shape index (κ1) is 35.3. The second-order valence-corrected chi connectivity index (χ2v) is 15.7. The van der Waals surface area contributed by atoms with E-state index in [-0.39, 0.29) is 5.92 Å². The minimum absolute atomic E-state index is 0.219. The molecule has 3 saturated carbocycles. The van der Waals surface area contributed by atoms with Crippen LogP contribution in [0.2, 0.25) is 0 Å². The molecule has 0 spiro atoms. The molecule has 1 unspecified atom stereocenters. The molecule has 3 rings (SSSR count). The molecule has 0 bridgehead atoms. The lowest BCUT2D eigenvalue weighted by molar-refractivity contribution is -0.123. The standard InChI is InChI=1S/C40H69NO/c1-31(2)18-16-19-33(4)37-26-27-38-34(20-17-28-40(37,38)5)24-25-35-30-36(23-22-32(35)3)39(42)21-14-12-10-8-9-11-13-15-29-41(6)7/h24-25,31,33,36-38H,3,8-23,26-30H2,1-2,4-7H3/b34-24+,35-25+/t33-,36+,37-,38?,40-/m1/s1. The summed E-state index contributed by atoms with van der Waals surface area (Å²) in [4.78, 5) is 15.4. The van der Waals surface area contributed by atoms with Gasteiger partial charge in [-0.15, -0.1) is 0 Å². The van der Waals surface area contributed by atoms with Crippen LogP contribution in [0.3, 0.4) is 0 Å². The highest BCUT2D eigenvalue weighted by molar-refractivity contribution is 5.81. The molecule has 0 aromatic rings. The first-order valence-electron chi connectivity index (χ1n) is 18.4. The number of fused-ring (bicyclic) bond motifs is 1. The van der Waals surface area contributed by atoms with Crippen molar-refractivity contribution in [2.24, 2.45) is 35.0 Å². The molecule has 0 saturated heterocycles. The fourth-order valence-corrected chi connectivity index (χ4v) is 8.94. The Morgan fingerprint density at radius 3 is 2.29 bits per heavy atom. The smallest absolute Gasteiger partial charge is 0.136 e. The van der Waals surface area contributed by atoms with Crippen molar-refractivity contribution in [1.29, 1.82) is 0 Å². The summed E-state index contributed by atoms with van der Waals surface area (Å²) >= 11 is 0. The molecule has 0 N–H and O–H groups in total. The number of Topliss-reactive ketones (excluding diaryl/α,β-unsaturated/α-hetero) is 1. The summed E-state index contributed by atoms with van der Waals surface area (Å²) in [7, 11) is 4.32. The Kier molecular flexibility index (Phi) is 15.1. The normalized spacial score (nSPS) is 29.1. The van der Waals surface area contributed by atoms with E-state index in [9.17, 15) is 4.79 Å². The van der Waals surface area contributed by atoms with Crippen molar-refractivity contribution < 1.29 is 4.79 Å². The van der Waals surface area contributed by atoms with Crippen LogP contribution in [0.15, 0.2) is 35.5 Å². The minimum Gasteiger partial charge on any atom is -0.309 e. The lowest BCUT2D eigenvalue weighted by Gasteiger charge is -2.44. The number of carbonyl (C=O) groups excluding carboxylic acids is 1. The first-order chi connectivity index (χ1) is 20.1. The number of carbonyl (C=O) groups is 1. The summed E-state index contributed by atoms with van der Waals surface area (Å²) in [5, 5.41) is 0. The zero-order valence-electron chi connectivity index (χ0n) is 29.0. The number of allylic oxidation sites excluding steroid dienone is 5. The molecule has 3 aliphatic rings. The summed E-state index contributed by atoms with van der Waals surface area (Å²) in [5.41, 5.74) is 4.83. The number of ketones is 1.